The van der Waals surface area contributed by atoms with Gasteiger partial charge in [-0.05, 0) is 41.8 Å². The van der Waals surface area contributed by atoms with Gasteiger partial charge in [-0.3, -0.25) is 14.8 Å². The molecule has 1 aliphatic carbocycles. The Morgan fingerprint density at radius 2 is 2.11 bits per heavy atom. The number of halogens is 1. The second-order valence-electron chi connectivity index (χ2n) is 7.51. The van der Waals surface area contributed by atoms with E-state index in [-0.39, 0.29) is 28.8 Å². The van der Waals surface area contributed by atoms with Crippen LogP contribution in [-0.2, 0) is 9.53 Å². The molecule has 144 valence electrons. The minimum Gasteiger partial charge on any atom is -0.466 e. The Morgan fingerprint density at radius 1 is 1.29 bits per heavy atom. The van der Waals surface area contributed by atoms with Crippen LogP contribution in [0.2, 0.25) is 0 Å². The maximum absolute atomic E-state index is 12.1. The molecule has 3 aliphatic rings. The molecule has 1 saturated heterocycles. The minimum atomic E-state index is -0.0989. The van der Waals surface area contributed by atoms with Gasteiger partial charge in [-0.15, -0.1) is 0 Å². The number of nitrogens with zero attached hydrogens (tertiary/aromatic N) is 2. The molecule has 6 heteroatoms. The second-order valence-corrected chi connectivity index (χ2v) is 8.68. The molecule has 1 N–H and O–H groups in total. The van der Waals surface area contributed by atoms with Crippen molar-refractivity contribution in [2.45, 2.75) is 24.3 Å². The number of fused-ring (bicyclic) bond motifs is 2. The number of allylic oxidation sites excluding steroid dienone is 1. The lowest BCUT2D eigenvalue weighted by Gasteiger charge is -2.31. The summed E-state index contributed by atoms with van der Waals surface area (Å²) >= 11 is 3.76. The highest BCUT2D eigenvalue weighted by Gasteiger charge is 2.49. The van der Waals surface area contributed by atoms with Gasteiger partial charge in [-0.25, -0.2) is 5.43 Å². The molecular weight excluding hydrogens is 418 g/mol. The van der Waals surface area contributed by atoms with Gasteiger partial charge in [0.15, 0.2) is 0 Å². The molecule has 1 saturated carbocycles. The quantitative estimate of drug-likeness (QED) is 0.582. The average molecular weight is 440 g/mol. The first-order valence-corrected chi connectivity index (χ1v) is 10.7. The van der Waals surface area contributed by atoms with Crippen molar-refractivity contribution in [3.63, 3.8) is 0 Å². The molecule has 4 unspecified atom stereocenters. The van der Waals surface area contributed by atoms with Crippen molar-refractivity contribution < 1.29 is 9.53 Å². The van der Waals surface area contributed by atoms with Gasteiger partial charge in [0.25, 0.3) is 0 Å². The van der Waals surface area contributed by atoms with Gasteiger partial charge in [0, 0.05) is 18.2 Å². The normalized spacial score (nSPS) is 28.6. The van der Waals surface area contributed by atoms with Gasteiger partial charge in [0.05, 0.1) is 23.0 Å². The van der Waals surface area contributed by atoms with Crippen LogP contribution in [0, 0.1) is 11.8 Å². The summed E-state index contributed by atoms with van der Waals surface area (Å²) in [6, 6.07) is 14.9. The number of aliphatic imine (C=N–C) groups is 1. The summed E-state index contributed by atoms with van der Waals surface area (Å²) in [6.07, 6.45) is 2.96. The Kier molecular flexibility index (Phi) is 4.48. The number of hydrogen-bond acceptors (Lipinski definition) is 5. The van der Waals surface area contributed by atoms with Crippen molar-refractivity contribution in [2.75, 3.05) is 13.2 Å². The molecule has 2 aliphatic heterocycles. The predicted octanol–water partition coefficient (Wildman–Crippen LogP) is 3.74. The molecule has 2 aromatic rings. The zero-order chi connectivity index (χ0) is 19.3. The zero-order valence-electron chi connectivity index (χ0n) is 15.6. The molecule has 0 bridgehead atoms. The van der Waals surface area contributed by atoms with E-state index in [4.69, 9.17) is 9.73 Å². The molecule has 4 atom stereocenters. The summed E-state index contributed by atoms with van der Waals surface area (Å²) in [7, 11) is 0. The predicted molar refractivity (Wildman–Crippen MR) is 114 cm³/mol. The number of alkyl halides is 1. The van der Waals surface area contributed by atoms with Crippen molar-refractivity contribution >= 4 is 44.1 Å². The number of carbonyl (C=O) groups excluding carboxylic acids is 1. The van der Waals surface area contributed by atoms with Crippen LogP contribution in [0.1, 0.15) is 18.9 Å². The molecule has 28 heavy (non-hydrogen) atoms. The van der Waals surface area contributed by atoms with Gasteiger partial charge in [-0.1, -0.05) is 52.3 Å². The third-order valence-corrected chi connectivity index (χ3v) is 6.47. The SMILES string of the molecule is CCOC(=O)C1CC1C1=NC2C(Br)CNN2C(c2ccc3ccccc3c2)=C1. The summed E-state index contributed by atoms with van der Waals surface area (Å²) in [4.78, 5) is 17.3. The molecule has 5 rings (SSSR count). The first-order valence-electron chi connectivity index (χ1n) is 9.77. The van der Waals surface area contributed by atoms with Crippen LogP contribution in [0.4, 0.5) is 0 Å². The lowest BCUT2D eigenvalue weighted by molar-refractivity contribution is -0.144. The Hall–Kier alpha value is -2.18. The van der Waals surface area contributed by atoms with Gasteiger partial charge < -0.3 is 4.74 Å². The number of esters is 1. The van der Waals surface area contributed by atoms with E-state index >= 15 is 0 Å². The Bertz CT molecular complexity index is 1000. The van der Waals surface area contributed by atoms with E-state index in [0.717, 1.165) is 29.9 Å². The van der Waals surface area contributed by atoms with E-state index in [9.17, 15) is 4.79 Å². The van der Waals surface area contributed by atoms with Crippen molar-refractivity contribution in [1.29, 1.82) is 0 Å². The summed E-state index contributed by atoms with van der Waals surface area (Å²) in [5, 5.41) is 4.59. The number of nitrogens with one attached hydrogen (secondary N) is 1. The molecule has 0 aromatic heterocycles. The maximum Gasteiger partial charge on any atom is 0.309 e. The van der Waals surface area contributed by atoms with Crippen molar-refractivity contribution in [1.82, 2.24) is 10.4 Å². The second kappa shape index (κ2) is 7.01. The highest BCUT2D eigenvalue weighted by molar-refractivity contribution is 9.09. The van der Waals surface area contributed by atoms with E-state index in [2.05, 4.69) is 74.9 Å². The molecule has 2 fully saturated rings. The van der Waals surface area contributed by atoms with Gasteiger partial charge >= 0.3 is 5.97 Å². The zero-order valence-corrected chi connectivity index (χ0v) is 17.2. The highest BCUT2D eigenvalue weighted by atomic mass is 79.9. The number of rotatable bonds is 4. The van der Waals surface area contributed by atoms with Crippen LogP contribution in [0.3, 0.4) is 0 Å². The van der Waals surface area contributed by atoms with E-state index < -0.39 is 0 Å². The number of benzene rings is 2. The van der Waals surface area contributed by atoms with Gasteiger partial charge in [0.1, 0.15) is 6.17 Å². The average Bonchev–Trinajstić information content (AvgIpc) is 3.44. The van der Waals surface area contributed by atoms with E-state index in [0.29, 0.717) is 6.61 Å². The smallest absolute Gasteiger partial charge is 0.309 e. The lowest BCUT2D eigenvalue weighted by atomic mass is 10.0. The standard InChI is InChI=1S/C22H22BrN3O2/c1-2-28-22(27)17-10-16(17)19-11-20(26-21(25-19)18(23)12-24-26)15-8-7-13-5-3-4-6-14(13)9-15/h3-9,11,16-18,21,24H,2,10,12H2,1H3. The van der Waals surface area contributed by atoms with Crippen LogP contribution in [0.25, 0.3) is 16.5 Å². The fourth-order valence-electron chi connectivity index (χ4n) is 4.12. The van der Waals surface area contributed by atoms with Crippen LogP contribution >= 0.6 is 15.9 Å². The van der Waals surface area contributed by atoms with Crippen LogP contribution in [0.5, 0.6) is 0 Å². The number of ether oxygens (including phenoxy) is 1. The van der Waals surface area contributed by atoms with Crippen LogP contribution in [0.15, 0.2) is 53.5 Å². The minimum absolute atomic E-state index is 0.00934. The fourth-order valence-corrected chi connectivity index (χ4v) is 4.62. The lowest BCUT2D eigenvalue weighted by Crippen LogP contribution is -2.39. The van der Waals surface area contributed by atoms with E-state index in [1.807, 2.05) is 6.92 Å². The first kappa shape index (κ1) is 17.9. The Labute approximate surface area is 172 Å². The molecule has 2 aromatic carbocycles. The van der Waals surface area contributed by atoms with Crippen molar-refractivity contribution in [3.8, 4) is 0 Å². The molecule has 0 amide bonds. The summed E-state index contributed by atoms with van der Waals surface area (Å²) in [5.41, 5.74) is 6.73. The Balaban J connectivity index is 1.51. The molecule has 0 radical (unpaired) electrons. The van der Waals surface area contributed by atoms with E-state index in [1.165, 1.54) is 10.8 Å². The number of hydrazine groups is 1. The third kappa shape index (κ3) is 3.05. The summed E-state index contributed by atoms with van der Waals surface area (Å²) in [5.74, 6) is 0.0117. The van der Waals surface area contributed by atoms with Crippen LogP contribution < -0.4 is 5.43 Å². The monoisotopic (exact) mass is 439 g/mol. The molecule has 0 spiro atoms. The molecule has 5 nitrogen and oxygen atoms in total. The third-order valence-electron chi connectivity index (χ3n) is 5.68. The largest absolute Gasteiger partial charge is 0.466 e. The first-order chi connectivity index (χ1) is 13.7. The van der Waals surface area contributed by atoms with Crippen LogP contribution in [-0.4, -0.2) is 40.8 Å². The fraction of sp³-hybridized carbons (Fsp3) is 0.364. The molecular formula is C22H22BrN3O2. The van der Waals surface area contributed by atoms with Crippen molar-refractivity contribution in [2.24, 2.45) is 16.8 Å². The van der Waals surface area contributed by atoms with Gasteiger partial charge in [0.2, 0.25) is 0 Å². The Morgan fingerprint density at radius 3 is 2.93 bits per heavy atom. The topological polar surface area (TPSA) is 53.9 Å². The summed E-state index contributed by atoms with van der Waals surface area (Å²) < 4.78 is 5.21. The maximum atomic E-state index is 12.1. The van der Waals surface area contributed by atoms with Crippen molar-refractivity contribution in [3.05, 3.63) is 54.1 Å². The summed E-state index contributed by atoms with van der Waals surface area (Å²) in [6.45, 7) is 3.09. The molecule has 2 heterocycles. The highest BCUT2D eigenvalue weighted by Crippen LogP contribution is 2.44. The number of hydrogen-bond donors (Lipinski definition) is 1. The van der Waals surface area contributed by atoms with Gasteiger partial charge in [-0.2, -0.15) is 0 Å². The van der Waals surface area contributed by atoms with E-state index in [1.54, 1.807) is 0 Å². The number of carbonyl (C=O) groups is 1.